The summed E-state index contributed by atoms with van der Waals surface area (Å²) < 4.78 is 5.33. The van der Waals surface area contributed by atoms with Crippen LogP contribution >= 0.6 is 0 Å². The van der Waals surface area contributed by atoms with E-state index in [9.17, 15) is 4.79 Å². The maximum absolute atomic E-state index is 13.9. The lowest BCUT2D eigenvalue weighted by atomic mass is 9.70. The first-order chi connectivity index (χ1) is 18.4. The minimum Gasteiger partial charge on any atom is -0.495 e. The summed E-state index contributed by atoms with van der Waals surface area (Å²) in [5, 5.41) is 3.37. The van der Waals surface area contributed by atoms with E-state index in [0.29, 0.717) is 6.54 Å². The van der Waals surface area contributed by atoms with E-state index >= 15 is 0 Å². The minimum atomic E-state index is -0.691. The Morgan fingerprint density at radius 1 is 1.16 bits per heavy atom. The molecule has 200 valence electrons. The van der Waals surface area contributed by atoms with Crippen molar-refractivity contribution in [1.82, 2.24) is 15.3 Å². The summed E-state index contributed by atoms with van der Waals surface area (Å²) in [6.45, 7) is 7.59. The van der Waals surface area contributed by atoms with Gasteiger partial charge in [0, 0.05) is 53.8 Å². The summed E-state index contributed by atoms with van der Waals surface area (Å²) in [6, 6.07) is 14.3. The van der Waals surface area contributed by atoms with E-state index in [0.717, 1.165) is 66.4 Å². The van der Waals surface area contributed by atoms with Crippen LogP contribution in [0.25, 0.3) is 0 Å². The van der Waals surface area contributed by atoms with Gasteiger partial charge in [-0.25, -0.2) is 0 Å². The fourth-order valence-electron chi connectivity index (χ4n) is 6.13. The lowest BCUT2D eigenvalue weighted by Crippen LogP contribution is -2.48. The molecule has 1 fully saturated rings. The number of ether oxygens (including phenoxy) is 1. The fraction of sp³-hybridized carbons (Fsp3) is 0.452. The van der Waals surface area contributed by atoms with Crippen molar-refractivity contribution >= 4 is 29.3 Å². The second kappa shape index (κ2) is 10.6. The van der Waals surface area contributed by atoms with Crippen molar-refractivity contribution in [2.75, 3.05) is 25.1 Å². The maximum atomic E-state index is 13.9. The Bertz CT molecular complexity index is 1270. The van der Waals surface area contributed by atoms with Crippen molar-refractivity contribution < 1.29 is 9.53 Å². The van der Waals surface area contributed by atoms with Crippen molar-refractivity contribution in [3.8, 4) is 5.75 Å². The molecule has 7 heteroatoms. The van der Waals surface area contributed by atoms with Crippen LogP contribution in [0, 0.1) is 5.41 Å². The molecular weight excluding hydrogens is 474 g/mol. The number of nitrogens with one attached hydrogen (secondary N) is 2. The van der Waals surface area contributed by atoms with Gasteiger partial charge in [0.1, 0.15) is 11.6 Å². The second-order valence-electron chi connectivity index (χ2n) is 11.1. The maximum Gasteiger partial charge on any atom is 0.226 e. The number of methoxy groups -OCH3 is 1. The number of anilines is 2. The van der Waals surface area contributed by atoms with Gasteiger partial charge in [0.2, 0.25) is 5.91 Å². The van der Waals surface area contributed by atoms with Gasteiger partial charge in [-0.05, 0) is 56.2 Å². The molecule has 1 aromatic carbocycles. The van der Waals surface area contributed by atoms with Crippen LogP contribution in [0.2, 0.25) is 0 Å². The van der Waals surface area contributed by atoms with E-state index < -0.39 is 5.41 Å². The van der Waals surface area contributed by atoms with Crippen LogP contribution in [0.4, 0.5) is 17.2 Å². The van der Waals surface area contributed by atoms with E-state index in [4.69, 9.17) is 14.7 Å². The van der Waals surface area contributed by atoms with Gasteiger partial charge in [-0.3, -0.25) is 14.8 Å². The fourth-order valence-corrected chi connectivity index (χ4v) is 6.13. The van der Waals surface area contributed by atoms with E-state index in [1.54, 1.807) is 13.3 Å². The molecule has 0 saturated heterocycles. The summed E-state index contributed by atoms with van der Waals surface area (Å²) in [7, 11) is 1.66. The van der Waals surface area contributed by atoms with Crippen LogP contribution in [0.1, 0.15) is 70.1 Å². The van der Waals surface area contributed by atoms with Crippen LogP contribution in [0.3, 0.4) is 0 Å². The van der Waals surface area contributed by atoms with Crippen molar-refractivity contribution in [1.29, 1.82) is 0 Å². The Hall–Kier alpha value is -3.61. The zero-order valence-corrected chi connectivity index (χ0v) is 23.0. The second-order valence-corrected chi connectivity index (χ2v) is 11.1. The van der Waals surface area contributed by atoms with E-state index in [1.807, 2.05) is 50.5 Å². The van der Waals surface area contributed by atoms with Gasteiger partial charge in [-0.2, -0.15) is 0 Å². The molecular formula is C31H39N5O2. The molecule has 2 aliphatic rings. The highest BCUT2D eigenvalue weighted by Crippen LogP contribution is 2.48. The molecule has 0 spiro atoms. The number of H-pyrrole nitrogens is 1. The molecule has 38 heavy (non-hydrogen) atoms. The van der Waals surface area contributed by atoms with Crippen LogP contribution in [-0.2, 0) is 10.2 Å². The molecule has 0 radical (unpaired) electrons. The molecule has 2 aromatic heterocycles. The normalized spacial score (nSPS) is 18.2. The molecule has 2 N–H and O–H groups in total. The van der Waals surface area contributed by atoms with Gasteiger partial charge in [0.25, 0.3) is 0 Å². The molecule has 1 aliphatic carbocycles. The lowest BCUT2D eigenvalue weighted by Gasteiger charge is -2.39. The van der Waals surface area contributed by atoms with Gasteiger partial charge in [0.15, 0.2) is 0 Å². The SMILES string of the molecule is CCN(c1ccc[nH]1)c1cccc2c1C(C(C)(C)C(=O)NCC1(c3ccc(OC)cn3)CCCCC1)C=N2. The van der Waals surface area contributed by atoms with Gasteiger partial charge < -0.3 is 19.9 Å². The molecule has 1 unspecified atom stereocenters. The van der Waals surface area contributed by atoms with Crippen LogP contribution in [0.5, 0.6) is 5.75 Å². The third kappa shape index (κ3) is 4.70. The van der Waals surface area contributed by atoms with Crippen molar-refractivity contribution in [3.05, 3.63) is 66.1 Å². The number of pyridine rings is 1. The Labute approximate surface area is 225 Å². The number of aromatic amines is 1. The number of carbonyl (C=O) groups excluding carboxylic acids is 1. The Balaban J connectivity index is 1.40. The van der Waals surface area contributed by atoms with Crippen LogP contribution < -0.4 is 15.0 Å². The number of fused-ring (bicyclic) bond motifs is 1. The summed E-state index contributed by atoms with van der Waals surface area (Å²) in [5.41, 5.74) is 3.31. The number of hydrogen-bond donors (Lipinski definition) is 2. The minimum absolute atomic E-state index is 0.0398. The number of rotatable bonds is 9. The third-order valence-corrected chi connectivity index (χ3v) is 8.49. The number of carbonyl (C=O) groups is 1. The highest BCUT2D eigenvalue weighted by Gasteiger charge is 2.43. The predicted molar refractivity (Wildman–Crippen MR) is 153 cm³/mol. The molecule has 7 nitrogen and oxygen atoms in total. The third-order valence-electron chi connectivity index (χ3n) is 8.49. The van der Waals surface area contributed by atoms with E-state index in [-0.39, 0.29) is 17.2 Å². The molecule has 1 aliphatic heterocycles. The largest absolute Gasteiger partial charge is 0.495 e. The van der Waals surface area contributed by atoms with Crippen LogP contribution in [-0.4, -0.2) is 42.3 Å². The Morgan fingerprint density at radius 2 is 1.97 bits per heavy atom. The average Bonchev–Trinajstić information content (AvgIpc) is 3.64. The number of aliphatic imine (C=N–C) groups is 1. The van der Waals surface area contributed by atoms with E-state index in [2.05, 4.69) is 40.3 Å². The standard InChI is InChI=1S/C31H39N5O2/c1-5-36(27-13-10-18-32-27)25-12-9-11-24-28(25)23(20-33-24)30(2,3)29(37)35-21-31(16-7-6-8-17-31)26-15-14-22(38-4)19-34-26/h9-15,18-20,23,32H,5-8,16-17,21H2,1-4H3,(H,35,37). The summed E-state index contributed by atoms with van der Waals surface area (Å²) in [5.74, 6) is 1.68. The highest BCUT2D eigenvalue weighted by molar-refractivity contribution is 5.94. The molecule has 0 bridgehead atoms. The number of aromatic nitrogens is 2. The number of benzene rings is 1. The number of nitrogens with zero attached hydrogens (tertiary/aromatic N) is 3. The molecule has 5 rings (SSSR count). The topological polar surface area (TPSA) is 82.6 Å². The molecule has 3 aromatic rings. The zero-order valence-electron chi connectivity index (χ0n) is 23.0. The molecule has 1 saturated carbocycles. The summed E-state index contributed by atoms with van der Waals surface area (Å²) in [4.78, 5) is 29.0. The van der Waals surface area contributed by atoms with Gasteiger partial charge in [-0.1, -0.05) is 39.2 Å². The quantitative estimate of drug-likeness (QED) is 0.346. The van der Waals surface area contributed by atoms with Gasteiger partial charge in [0.05, 0.1) is 24.4 Å². The first kappa shape index (κ1) is 26.0. The Morgan fingerprint density at radius 3 is 2.63 bits per heavy atom. The van der Waals surface area contributed by atoms with Crippen LogP contribution in [0.15, 0.2) is 59.9 Å². The average molecular weight is 514 g/mol. The van der Waals surface area contributed by atoms with Gasteiger partial charge >= 0.3 is 0 Å². The first-order valence-electron chi connectivity index (χ1n) is 13.8. The lowest BCUT2D eigenvalue weighted by molar-refractivity contribution is -0.130. The predicted octanol–water partition coefficient (Wildman–Crippen LogP) is 6.42. The van der Waals surface area contributed by atoms with Crippen molar-refractivity contribution in [2.24, 2.45) is 10.4 Å². The molecule has 3 heterocycles. The number of hydrogen-bond acceptors (Lipinski definition) is 5. The monoisotopic (exact) mass is 513 g/mol. The van der Waals surface area contributed by atoms with Crippen molar-refractivity contribution in [3.63, 3.8) is 0 Å². The summed E-state index contributed by atoms with van der Waals surface area (Å²) in [6.07, 6.45) is 11.2. The van der Waals surface area contributed by atoms with Crippen molar-refractivity contribution in [2.45, 2.75) is 64.2 Å². The first-order valence-corrected chi connectivity index (χ1v) is 13.8. The molecule has 1 amide bonds. The Kier molecular flexibility index (Phi) is 7.28. The smallest absolute Gasteiger partial charge is 0.226 e. The molecule has 1 atom stereocenters. The number of amides is 1. The van der Waals surface area contributed by atoms with E-state index in [1.165, 1.54) is 6.42 Å². The summed E-state index contributed by atoms with van der Waals surface area (Å²) >= 11 is 0. The van der Waals surface area contributed by atoms with Gasteiger partial charge in [-0.15, -0.1) is 0 Å². The highest BCUT2D eigenvalue weighted by atomic mass is 16.5. The zero-order chi connectivity index (χ0) is 26.8.